The van der Waals surface area contributed by atoms with Crippen LogP contribution in [0.5, 0.6) is 0 Å². The number of aromatic amines is 1. The fourth-order valence-corrected chi connectivity index (χ4v) is 6.90. The van der Waals surface area contributed by atoms with E-state index in [2.05, 4.69) is 25.1 Å². The van der Waals surface area contributed by atoms with Gasteiger partial charge >= 0.3 is 0 Å². The van der Waals surface area contributed by atoms with Gasteiger partial charge < -0.3 is 19.7 Å². The van der Waals surface area contributed by atoms with Gasteiger partial charge in [-0.2, -0.15) is 0 Å². The maximum Gasteiger partial charge on any atom is 0.271 e. The molecule has 188 valence electrons. The van der Waals surface area contributed by atoms with Gasteiger partial charge in [-0.25, -0.2) is 13.1 Å². The second kappa shape index (κ2) is 9.75. The number of H-pyrrole nitrogens is 1. The quantitative estimate of drug-likeness (QED) is 0.434. The Hall–Kier alpha value is -2.69. The van der Waals surface area contributed by atoms with Gasteiger partial charge in [0.25, 0.3) is 5.56 Å². The van der Waals surface area contributed by atoms with Crippen LogP contribution in [-0.2, 0) is 10.0 Å². The molecule has 0 unspecified atom stereocenters. The summed E-state index contributed by atoms with van der Waals surface area (Å²) >= 11 is 0. The van der Waals surface area contributed by atoms with E-state index in [1.165, 1.54) is 12.8 Å². The third-order valence-corrected chi connectivity index (χ3v) is 8.71. The maximum atomic E-state index is 13.6. The Balaban J connectivity index is 1.57. The van der Waals surface area contributed by atoms with Gasteiger partial charge in [-0.15, -0.1) is 0 Å². The van der Waals surface area contributed by atoms with Gasteiger partial charge in [0.2, 0.25) is 10.0 Å². The topological polar surface area (TPSA) is 120 Å². The van der Waals surface area contributed by atoms with Crippen LogP contribution >= 0.6 is 0 Å². The average Bonchev–Trinajstić information content (AvgIpc) is 3.57. The van der Waals surface area contributed by atoms with E-state index >= 15 is 0 Å². The van der Waals surface area contributed by atoms with Gasteiger partial charge in [-0.05, 0) is 76.4 Å². The number of hydrogen-bond donors (Lipinski definition) is 3. The summed E-state index contributed by atoms with van der Waals surface area (Å²) in [5.74, 6) is 0.594. The van der Waals surface area contributed by atoms with Crippen LogP contribution < -0.4 is 15.6 Å². The molecule has 2 fully saturated rings. The van der Waals surface area contributed by atoms with Crippen molar-refractivity contribution in [2.45, 2.75) is 63.3 Å². The number of sulfonamides is 1. The predicted octanol–water partition coefficient (Wildman–Crippen LogP) is 3.53. The lowest BCUT2D eigenvalue weighted by Crippen LogP contribution is -2.33. The fraction of sp³-hybridized carbons (Fsp3) is 0.520. The van der Waals surface area contributed by atoms with Crippen LogP contribution in [0.25, 0.3) is 22.0 Å². The van der Waals surface area contributed by atoms with E-state index in [0.717, 1.165) is 50.9 Å². The Labute approximate surface area is 205 Å². The minimum absolute atomic E-state index is 0.0708. The second-order valence-electron chi connectivity index (χ2n) is 9.73. The lowest BCUT2D eigenvalue weighted by Gasteiger charge is -2.17. The van der Waals surface area contributed by atoms with Gasteiger partial charge in [0.05, 0.1) is 16.1 Å². The van der Waals surface area contributed by atoms with Crippen molar-refractivity contribution in [3.8, 4) is 11.1 Å². The summed E-state index contributed by atoms with van der Waals surface area (Å²) in [5, 5.41) is 7.72. The Morgan fingerprint density at radius 3 is 2.54 bits per heavy atom. The number of rotatable bonds is 8. The molecule has 1 saturated heterocycles. The van der Waals surface area contributed by atoms with Crippen LogP contribution in [0.4, 0.5) is 5.69 Å². The molecule has 3 heterocycles. The van der Waals surface area contributed by atoms with Crippen LogP contribution in [0.2, 0.25) is 0 Å². The van der Waals surface area contributed by atoms with Gasteiger partial charge in [-0.1, -0.05) is 18.0 Å². The molecule has 5 rings (SSSR count). The Bertz CT molecular complexity index is 1360. The van der Waals surface area contributed by atoms with E-state index in [0.29, 0.717) is 40.2 Å². The number of aryl methyl sites for hydroxylation is 2. The first-order valence-electron chi connectivity index (χ1n) is 12.4. The van der Waals surface area contributed by atoms with Gasteiger partial charge in [0.1, 0.15) is 11.4 Å². The zero-order chi connectivity index (χ0) is 24.6. The highest BCUT2D eigenvalue weighted by molar-refractivity contribution is 7.89. The number of fused-ring (bicyclic) bond motifs is 1. The van der Waals surface area contributed by atoms with Crippen molar-refractivity contribution in [3.63, 3.8) is 0 Å². The van der Waals surface area contributed by atoms with Crippen molar-refractivity contribution >= 4 is 26.6 Å². The minimum atomic E-state index is -3.83. The molecule has 9 nitrogen and oxygen atoms in total. The lowest BCUT2D eigenvalue weighted by atomic mass is 10.0. The predicted molar refractivity (Wildman–Crippen MR) is 136 cm³/mol. The molecule has 1 aliphatic heterocycles. The van der Waals surface area contributed by atoms with Crippen LogP contribution in [0.3, 0.4) is 0 Å². The summed E-state index contributed by atoms with van der Waals surface area (Å²) < 4.78 is 35.4. The summed E-state index contributed by atoms with van der Waals surface area (Å²) in [7, 11) is -3.83. The van der Waals surface area contributed by atoms with Crippen LogP contribution in [-0.4, -0.2) is 55.7 Å². The van der Waals surface area contributed by atoms with E-state index in [-0.39, 0.29) is 16.5 Å². The van der Waals surface area contributed by atoms with Crippen molar-refractivity contribution in [2.75, 3.05) is 31.5 Å². The summed E-state index contributed by atoms with van der Waals surface area (Å²) in [5.41, 5.74) is 2.60. The average molecular weight is 500 g/mol. The number of nitrogens with one attached hydrogen (secondary N) is 3. The summed E-state index contributed by atoms with van der Waals surface area (Å²) in [4.78, 5) is 18.3. The first kappa shape index (κ1) is 24.0. The molecule has 0 atom stereocenters. The SMILES string of the molecule is Cc1noc(C)c1-c1cc(S(=O)(=O)NC2CCCC2)c2cc(NCCN3CCCC3)c(=O)[nH]c2c1. The largest absolute Gasteiger partial charge is 0.379 e. The monoisotopic (exact) mass is 499 g/mol. The van der Waals surface area contributed by atoms with Gasteiger partial charge in [-0.3, -0.25) is 4.79 Å². The molecule has 0 spiro atoms. The number of likely N-dealkylation sites (tertiary alicyclic amines) is 1. The number of benzene rings is 1. The zero-order valence-corrected chi connectivity index (χ0v) is 21.1. The summed E-state index contributed by atoms with van der Waals surface area (Å²) in [6, 6.07) is 5.06. The number of anilines is 1. The van der Waals surface area contributed by atoms with Crippen molar-refractivity contribution in [2.24, 2.45) is 0 Å². The third-order valence-electron chi connectivity index (χ3n) is 7.15. The molecule has 0 bridgehead atoms. The van der Waals surface area contributed by atoms with Gasteiger partial charge in [0.15, 0.2) is 0 Å². The number of hydrogen-bond acceptors (Lipinski definition) is 7. The molecular weight excluding hydrogens is 466 g/mol. The van der Waals surface area contributed by atoms with E-state index in [1.807, 2.05) is 6.92 Å². The third kappa shape index (κ3) is 5.00. The van der Waals surface area contributed by atoms with E-state index < -0.39 is 10.0 Å². The smallest absolute Gasteiger partial charge is 0.271 e. The first-order chi connectivity index (χ1) is 16.8. The number of pyridine rings is 1. The number of nitrogens with zero attached hydrogens (tertiary/aromatic N) is 2. The Morgan fingerprint density at radius 1 is 1.11 bits per heavy atom. The van der Waals surface area contributed by atoms with Crippen LogP contribution in [0, 0.1) is 13.8 Å². The van der Waals surface area contributed by atoms with E-state index in [4.69, 9.17) is 4.52 Å². The summed E-state index contributed by atoms with van der Waals surface area (Å²) in [6.07, 6.45) is 6.12. The maximum absolute atomic E-state index is 13.6. The van der Waals surface area contributed by atoms with Crippen molar-refractivity contribution < 1.29 is 12.9 Å². The second-order valence-corrected chi connectivity index (χ2v) is 11.4. The molecule has 35 heavy (non-hydrogen) atoms. The van der Waals surface area contributed by atoms with E-state index in [9.17, 15) is 13.2 Å². The van der Waals surface area contributed by atoms with E-state index in [1.54, 1.807) is 25.1 Å². The Kier molecular flexibility index (Phi) is 6.69. The molecule has 2 aromatic heterocycles. The molecule has 0 radical (unpaired) electrons. The fourth-order valence-electron chi connectivity index (χ4n) is 5.35. The molecule has 10 heteroatoms. The molecule has 1 saturated carbocycles. The Morgan fingerprint density at radius 2 is 1.86 bits per heavy atom. The summed E-state index contributed by atoms with van der Waals surface area (Å²) in [6.45, 7) is 7.23. The molecule has 1 aromatic carbocycles. The molecular formula is C25H33N5O4S. The standard InChI is InChI=1S/C25H33N5O4S/c1-16-24(17(2)34-28-16)18-13-21-20(23(14-18)35(32,33)29-19-7-3-4-8-19)15-22(25(31)27-21)26-9-12-30-10-5-6-11-30/h13-15,19,26,29H,3-12H2,1-2H3,(H,27,31). The van der Waals surface area contributed by atoms with Crippen molar-refractivity contribution in [3.05, 3.63) is 40.0 Å². The zero-order valence-electron chi connectivity index (χ0n) is 20.3. The van der Waals surface area contributed by atoms with Crippen molar-refractivity contribution in [1.82, 2.24) is 19.8 Å². The lowest BCUT2D eigenvalue weighted by molar-refractivity contribution is 0.352. The molecule has 0 amide bonds. The molecule has 3 aromatic rings. The highest BCUT2D eigenvalue weighted by Crippen LogP contribution is 2.34. The van der Waals surface area contributed by atoms with Gasteiger partial charge in [0, 0.05) is 30.1 Å². The highest BCUT2D eigenvalue weighted by Gasteiger charge is 2.27. The highest BCUT2D eigenvalue weighted by atomic mass is 32.2. The number of aromatic nitrogens is 2. The molecule has 3 N–H and O–H groups in total. The minimum Gasteiger partial charge on any atom is -0.379 e. The van der Waals surface area contributed by atoms with Crippen LogP contribution in [0.15, 0.2) is 32.4 Å². The van der Waals surface area contributed by atoms with Crippen molar-refractivity contribution in [1.29, 1.82) is 0 Å². The molecule has 2 aliphatic rings. The normalized spacial score (nSPS) is 17.5. The van der Waals surface area contributed by atoms with Crippen LogP contribution in [0.1, 0.15) is 50.0 Å². The first-order valence-corrected chi connectivity index (χ1v) is 13.9. The molecule has 1 aliphatic carbocycles.